The number of esters is 1. The zero-order valence-corrected chi connectivity index (χ0v) is 10.7. The van der Waals surface area contributed by atoms with E-state index in [1.807, 2.05) is 19.1 Å². The maximum Gasteiger partial charge on any atom is 0.347 e. The van der Waals surface area contributed by atoms with Crippen molar-refractivity contribution >= 4 is 11.5 Å². The molecule has 2 rings (SSSR count). The Morgan fingerprint density at radius 1 is 1.32 bits per heavy atom. The molecule has 0 bridgehead atoms. The van der Waals surface area contributed by atoms with Crippen LogP contribution in [0.15, 0.2) is 29.8 Å². The van der Waals surface area contributed by atoms with Crippen molar-refractivity contribution in [2.45, 2.75) is 19.8 Å². The summed E-state index contributed by atoms with van der Waals surface area (Å²) in [4.78, 5) is 11.8. The topological polar surface area (TPSA) is 50.1 Å². The van der Waals surface area contributed by atoms with Gasteiger partial charge in [0.15, 0.2) is 0 Å². The second-order valence-electron chi connectivity index (χ2n) is 4.08. The zero-order valence-electron chi connectivity index (χ0n) is 10.7. The highest BCUT2D eigenvalue weighted by atomic mass is 16.5. The molecule has 0 radical (unpaired) electrons. The molecule has 1 aliphatic heterocycles. The molecule has 0 saturated heterocycles. The van der Waals surface area contributed by atoms with Gasteiger partial charge in [0.05, 0.1) is 18.2 Å². The van der Waals surface area contributed by atoms with E-state index >= 15 is 0 Å². The van der Waals surface area contributed by atoms with Gasteiger partial charge in [0.2, 0.25) is 0 Å². The molecule has 0 amide bonds. The molecule has 0 saturated carbocycles. The molecule has 0 fully saturated rings. The van der Waals surface area contributed by atoms with Crippen molar-refractivity contribution in [1.82, 2.24) is 0 Å². The second kappa shape index (κ2) is 5.89. The van der Waals surface area contributed by atoms with Crippen molar-refractivity contribution in [3.8, 4) is 17.9 Å². The summed E-state index contributed by atoms with van der Waals surface area (Å²) < 4.78 is 5.03. The number of carbonyl (C=O) groups excluding carboxylic acids is 1. The van der Waals surface area contributed by atoms with E-state index in [1.165, 1.54) is 0 Å². The molecule has 1 heterocycles. The molecule has 19 heavy (non-hydrogen) atoms. The third-order valence-electron chi connectivity index (χ3n) is 2.84. The highest BCUT2D eigenvalue weighted by molar-refractivity contribution is 6.03. The lowest BCUT2D eigenvalue weighted by molar-refractivity contribution is -0.139. The molecule has 1 aromatic rings. The Balaban J connectivity index is 2.47. The average molecular weight is 251 g/mol. The summed E-state index contributed by atoms with van der Waals surface area (Å²) in [6.07, 6.45) is 1.35. The summed E-state index contributed by atoms with van der Waals surface area (Å²) in [6.45, 7) is 2.31. The van der Waals surface area contributed by atoms with Crippen LogP contribution in [0.5, 0.6) is 0 Å². The van der Waals surface area contributed by atoms with Crippen LogP contribution in [-0.2, 0) is 9.53 Å². The van der Waals surface area contributed by atoms with Crippen LogP contribution in [0.2, 0.25) is 0 Å². The number of rotatable bonds is 1. The van der Waals surface area contributed by atoms with Crippen molar-refractivity contribution in [3.63, 3.8) is 0 Å². The Labute approximate surface area is 112 Å². The molecule has 3 nitrogen and oxygen atoms in total. The molecule has 0 N–H and O–H groups in total. The maximum absolute atomic E-state index is 11.8. The molecule has 0 aromatic heterocycles. The summed E-state index contributed by atoms with van der Waals surface area (Å²) in [6, 6.07) is 9.26. The van der Waals surface area contributed by atoms with Crippen LogP contribution in [-0.4, -0.2) is 12.6 Å². The lowest BCUT2D eigenvalue weighted by atomic mass is 9.95. The fourth-order valence-electron chi connectivity index (χ4n) is 1.90. The Hall–Kier alpha value is -2.52. The molecule has 3 heteroatoms. The van der Waals surface area contributed by atoms with Gasteiger partial charge < -0.3 is 4.74 Å². The highest BCUT2D eigenvalue weighted by Crippen LogP contribution is 2.26. The van der Waals surface area contributed by atoms with Crippen molar-refractivity contribution < 1.29 is 9.53 Å². The number of hydrogen-bond acceptors (Lipinski definition) is 3. The van der Waals surface area contributed by atoms with Crippen LogP contribution >= 0.6 is 0 Å². The molecule has 0 atom stereocenters. The molecular weight excluding hydrogens is 238 g/mol. The first-order valence-electron chi connectivity index (χ1n) is 6.16. The van der Waals surface area contributed by atoms with Gasteiger partial charge in [-0.25, -0.2) is 4.79 Å². The Morgan fingerprint density at radius 3 is 2.68 bits per heavy atom. The van der Waals surface area contributed by atoms with Crippen molar-refractivity contribution in [2.24, 2.45) is 0 Å². The fourth-order valence-corrected chi connectivity index (χ4v) is 1.90. The van der Waals surface area contributed by atoms with Gasteiger partial charge in [0, 0.05) is 12.8 Å². The van der Waals surface area contributed by atoms with E-state index in [9.17, 15) is 4.79 Å². The summed E-state index contributed by atoms with van der Waals surface area (Å²) in [5.74, 6) is 5.44. The predicted molar refractivity (Wildman–Crippen MR) is 71.7 cm³/mol. The Kier molecular flexibility index (Phi) is 4.00. The van der Waals surface area contributed by atoms with Gasteiger partial charge in [-0.3, -0.25) is 0 Å². The predicted octanol–water partition coefficient (Wildman–Crippen LogP) is 2.67. The summed E-state index contributed by atoms with van der Waals surface area (Å²) in [5, 5.41) is 8.79. The van der Waals surface area contributed by atoms with Gasteiger partial charge >= 0.3 is 5.97 Å². The van der Waals surface area contributed by atoms with Gasteiger partial charge in [-0.1, -0.05) is 30.9 Å². The Bertz CT molecular complexity index is 621. The normalized spacial score (nSPS) is 14.2. The third kappa shape index (κ3) is 2.84. The van der Waals surface area contributed by atoms with Gasteiger partial charge in [0.1, 0.15) is 5.57 Å². The van der Waals surface area contributed by atoms with Crippen LogP contribution in [0.4, 0.5) is 0 Å². The standard InChI is InChI=1S/C16H13NO2/c1-2-3-4-15-14(9-10-19-16(15)18)13-7-5-12(11-17)6-8-13/h5-8H,2,9-10H2,1H3. The van der Waals surface area contributed by atoms with Crippen molar-refractivity contribution in [3.05, 3.63) is 41.0 Å². The molecule has 1 aliphatic rings. The number of carbonyl (C=O) groups is 1. The summed E-state index contributed by atoms with van der Waals surface area (Å²) >= 11 is 0. The van der Waals surface area contributed by atoms with Gasteiger partial charge in [-0.2, -0.15) is 5.26 Å². The van der Waals surface area contributed by atoms with Crippen molar-refractivity contribution in [1.29, 1.82) is 5.26 Å². The molecule has 1 aromatic carbocycles. The van der Waals surface area contributed by atoms with Gasteiger partial charge in [0.25, 0.3) is 0 Å². The number of benzene rings is 1. The first kappa shape index (κ1) is 12.9. The fraction of sp³-hybridized carbons (Fsp3) is 0.250. The van der Waals surface area contributed by atoms with Crippen LogP contribution in [0, 0.1) is 23.2 Å². The van der Waals surface area contributed by atoms with Crippen LogP contribution in [0.25, 0.3) is 5.57 Å². The van der Waals surface area contributed by atoms with Crippen LogP contribution in [0.1, 0.15) is 30.9 Å². The van der Waals surface area contributed by atoms with E-state index in [2.05, 4.69) is 17.9 Å². The first-order valence-corrected chi connectivity index (χ1v) is 6.16. The number of hydrogen-bond donors (Lipinski definition) is 0. The minimum Gasteiger partial charge on any atom is -0.461 e. The highest BCUT2D eigenvalue weighted by Gasteiger charge is 2.21. The van der Waals surface area contributed by atoms with Gasteiger partial charge in [-0.05, 0) is 23.3 Å². The molecule has 94 valence electrons. The number of ether oxygens (including phenoxy) is 1. The first-order chi connectivity index (χ1) is 9.26. The quantitative estimate of drug-likeness (QED) is 0.569. The van der Waals surface area contributed by atoms with Crippen molar-refractivity contribution in [2.75, 3.05) is 6.61 Å². The van der Waals surface area contributed by atoms with E-state index in [-0.39, 0.29) is 5.97 Å². The number of cyclic esters (lactones) is 1. The number of nitrogens with zero attached hydrogens (tertiary/aromatic N) is 1. The maximum atomic E-state index is 11.8. The van der Waals surface area contributed by atoms with E-state index in [0.29, 0.717) is 30.6 Å². The monoisotopic (exact) mass is 251 g/mol. The van der Waals surface area contributed by atoms with E-state index < -0.39 is 0 Å². The molecular formula is C16H13NO2. The SMILES string of the molecule is CCC#CC1=C(c2ccc(C#N)cc2)CCOC1=O. The number of nitriles is 1. The van der Waals surface area contributed by atoms with Crippen LogP contribution in [0.3, 0.4) is 0 Å². The van der Waals surface area contributed by atoms with Crippen LogP contribution < -0.4 is 0 Å². The largest absolute Gasteiger partial charge is 0.461 e. The smallest absolute Gasteiger partial charge is 0.347 e. The third-order valence-corrected chi connectivity index (χ3v) is 2.84. The summed E-state index contributed by atoms with van der Waals surface area (Å²) in [5.41, 5.74) is 2.87. The van der Waals surface area contributed by atoms with Gasteiger partial charge in [-0.15, -0.1) is 0 Å². The lowest BCUT2D eigenvalue weighted by Crippen LogP contribution is -2.16. The van der Waals surface area contributed by atoms with E-state index in [1.54, 1.807) is 12.1 Å². The molecule has 0 aliphatic carbocycles. The molecule has 0 spiro atoms. The molecule has 0 unspecified atom stereocenters. The zero-order chi connectivity index (χ0) is 13.7. The van der Waals surface area contributed by atoms with E-state index in [0.717, 1.165) is 11.1 Å². The minimum absolute atomic E-state index is 0.355. The minimum atomic E-state index is -0.355. The second-order valence-corrected chi connectivity index (χ2v) is 4.08. The Morgan fingerprint density at radius 2 is 2.05 bits per heavy atom. The lowest BCUT2D eigenvalue weighted by Gasteiger charge is -2.17. The summed E-state index contributed by atoms with van der Waals surface area (Å²) in [7, 11) is 0. The van der Waals surface area contributed by atoms with E-state index in [4.69, 9.17) is 10.00 Å². The average Bonchev–Trinajstić information content (AvgIpc) is 2.46.